The molecule has 1 amide bonds. The fraction of sp³-hybridized carbons (Fsp3) is 0.462. The number of amides is 1. The van der Waals surface area contributed by atoms with E-state index >= 15 is 0 Å². The first-order chi connectivity index (χ1) is 15.7. The second-order valence-corrected chi connectivity index (χ2v) is 8.34. The Morgan fingerprint density at radius 1 is 0.970 bits per heavy atom. The molecule has 2 aromatic carbocycles. The minimum Gasteiger partial charge on any atom is -0.356 e. The van der Waals surface area contributed by atoms with Crippen LogP contribution in [0.1, 0.15) is 52.7 Å². The van der Waals surface area contributed by atoms with Crippen LogP contribution in [0.5, 0.6) is 0 Å². The number of guanidine groups is 1. The minimum absolute atomic E-state index is 0. The number of likely N-dealkylation sites (tertiary alicyclic amines) is 1. The van der Waals surface area contributed by atoms with Crippen LogP contribution in [0.15, 0.2) is 53.5 Å². The van der Waals surface area contributed by atoms with E-state index in [1.165, 1.54) is 49.9 Å². The maximum atomic E-state index is 11.8. The average Bonchev–Trinajstić information content (AvgIpc) is 3.10. The SMILES string of the molecule is CN=C(NCCc1cccc(C(=O)NC)c1)NCc1ccccc1CN1CCCCCC1.I. The molecular weight excluding hydrogens is 525 g/mol. The largest absolute Gasteiger partial charge is 0.356 e. The molecule has 0 aliphatic carbocycles. The molecule has 3 N–H and O–H groups in total. The third-order valence-corrected chi connectivity index (χ3v) is 6.00. The minimum atomic E-state index is -0.0591. The molecule has 1 heterocycles. The molecule has 180 valence electrons. The summed E-state index contributed by atoms with van der Waals surface area (Å²) in [6.45, 7) is 4.91. The molecule has 0 bridgehead atoms. The number of halogens is 1. The van der Waals surface area contributed by atoms with Crippen molar-refractivity contribution in [2.45, 2.75) is 45.2 Å². The highest BCUT2D eigenvalue weighted by molar-refractivity contribution is 14.0. The van der Waals surface area contributed by atoms with Crippen LogP contribution in [0.4, 0.5) is 0 Å². The normalized spacial score (nSPS) is 14.7. The summed E-state index contributed by atoms with van der Waals surface area (Å²) in [6, 6.07) is 16.4. The number of hydrogen-bond acceptors (Lipinski definition) is 3. The van der Waals surface area contributed by atoms with E-state index in [0.29, 0.717) is 5.56 Å². The van der Waals surface area contributed by atoms with Gasteiger partial charge in [0.05, 0.1) is 0 Å². The van der Waals surface area contributed by atoms with Crippen molar-refractivity contribution in [3.63, 3.8) is 0 Å². The second-order valence-electron chi connectivity index (χ2n) is 8.34. The Bertz CT molecular complexity index is 894. The maximum Gasteiger partial charge on any atom is 0.251 e. The Morgan fingerprint density at radius 2 is 1.70 bits per heavy atom. The van der Waals surface area contributed by atoms with Gasteiger partial charge in [-0.1, -0.05) is 49.2 Å². The molecule has 6 nitrogen and oxygen atoms in total. The highest BCUT2D eigenvalue weighted by Crippen LogP contribution is 2.16. The zero-order valence-electron chi connectivity index (χ0n) is 19.9. The van der Waals surface area contributed by atoms with Gasteiger partial charge in [0.1, 0.15) is 0 Å². The first kappa shape index (κ1) is 27.1. The molecule has 1 saturated heterocycles. The number of carbonyl (C=O) groups is 1. The van der Waals surface area contributed by atoms with Crippen LogP contribution in [0.25, 0.3) is 0 Å². The number of benzene rings is 2. The fourth-order valence-electron chi connectivity index (χ4n) is 4.16. The third kappa shape index (κ3) is 8.97. The summed E-state index contributed by atoms with van der Waals surface area (Å²) in [5.41, 5.74) is 4.52. The smallest absolute Gasteiger partial charge is 0.251 e. The average molecular weight is 564 g/mol. The van der Waals surface area contributed by atoms with E-state index in [-0.39, 0.29) is 29.9 Å². The third-order valence-electron chi connectivity index (χ3n) is 6.00. The lowest BCUT2D eigenvalue weighted by Gasteiger charge is -2.22. The Hall–Kier alpha value is -2.13. The van der Waals surface area contributed by atoms with E-state index in [1.807, 2.05) is 24.3 Å². The van der Waals surface area contributed by atoms with Gasteiger partial charge in [0.15, 0.2) is 5.96 Å². The van der Waals surface area contributed by atoms with Gasteiger partial charge in [0.2, 0.25) is 0 Å². The molecule has 0 spiro atoms. The van der Waals surface area contributed by atoms with Crippen molar-refractivity contribution in [1.29, 1.82) is 0 Å². The van der Waals surface area contributed by atoms with E-state index < -0.39 is 0 Å². The summed E-state index contributed by atoms with van der Waals surface area (Å²) < 4.78 is 0. The molecule has 0 saturated carbocycles. The zero-order valence-corrected chi connectivity index (χ0v) is 22.2. The van der Waals surface area contributed by atoms with Crippen molar-refractivity contribution in [3.05, 3.63) is 70.8 Å². The number of hydrogen-bond donors (Lipinski definition) is 3. The molecule has 33 heavy (non-hydrogen) atoms. The quantitative estimate of drug-likeness (QED) is 0.259. The van der Waals surface area contributed by atoms with E-state index in [4.69, 9.17) is 0 Å². The monoisotopic (exact) mass is 563 g/mol. The van der Waals surface area contributed by atoms with E-state index in [2.05, 4.69) is 50.1 Å². The Morgan fingerprint density at radius 3 is 2.39 bits per heavy atom. The van der Waals surface area contributed by atoms with Gasteiger partial charge < -0.3 is 16.0 Å². The topological polar surface area (TPSA) is 68.8 Å². The molecule has 2 aromatic rings. The predicted octanol–water partition coefficient (Wildman–Crippen LogP) is 3.95. The zero-order chi connectivity index (χ0) is 22.6. The van der Waals surface area contributed by atoms with Crippen LogP contribution in [0, 0.1) is 0 Å². The maximum absolute atomic E-state index is 11.8. The summed E-state index contributed by atoms with van der Waals surface area (Å²) in [7, 11) is 3.45. The standard InChI is InChI=1S/C26H37N5O.HI/c1-27-25(32)22-13-9-10-21(18-22)14-15-29-26(28-2)30-19-23-11-5-6-12-24(23)20-31-16-7-3-4-8-17-31;/h5-6,9-13,18H,3-4,7-8,14-17,19-20H2,1-2H3,(H,27,32)(H2,28,29,30);1H. The number of nitrogens with zero attached hydrogens (tertiary/aromatic N) is 2. The number of carbonyl (C=O) groups excluding carboxylic acids is 1. The highest BCUT2D eigenvalue weighted by Gasteiger charge is 2.12. The first-order valence-electron chi connectivity index (χ1n) is 11.7. The number of aliphatic imine (C=N–C) groups is 1. The van der Waals surface area contributed by atoms with Gasteiger partial charge in [0, 0.05) is 39.3 Å². The van der Waals surface area contributed by atoms with Crippen LogP contribution in [-0.2, 0) is 19.5 Å². The first-order valence-corrected chi connectivity index (χ1v) is 11.7. The van der Waals surface area contributed by atoms with Gasteiger partial charge in [-0.3, -0.25) is 14.7 Å². The lowest BCUT2D eigenvalue weighted by Crippen LogP contribution is -2.38. The highest BCUT2D eigenvalue weighted by atomic mass is 127. The van der Waals surface area contributed by atoms with Crippen molar-refractivity contribution in [2.24, 2.45) is 4.99 Å². The molecule has 0 aromatic heterocycles. The van der Waals surface area contributed by atoms with Crippen LogP contribution in [0.3, 0.4) is 0 Å². The van der Waals surface area contributed by atoms with Crippen LogP contribution >= 0.6 is 24.0 Å². The van der Waals surface area contributed by atoms with Crippen molar-refractivity contribution < 1.29 is 4.79 Å². The van der Waals surface area contributed by atoms with Crippen molar-refractivity contribution in [3.8, 4) is 0 Å². The molecule has 0 atom stereocenters. The van der Waals surface area contributed by atoms with Gasteiger partial charge in [0.25, 0.3) is 5.91 Å². The molecule has 7 heteroatoms. The van der Waals surface area contributed by atoms with Crippen molar-refractivity contribution >= 4 is 35.8 Å². The number of nitrogens with one attached hydrogen (secondary N) is 3. The van der Waals surface area contributed by atoms with Crippen LogP contribution < -0.4 is 16.0 Å². The van der Waals surface area contributed by atoms with Crippen LogP contribution in [0.2, 0.25) is 0 Å². The fourth-order valence-corrected chi connectivity index (χ4v) is 4.16. The Labute approximate surface area is 215 Å². The summed E-state index contributed by atoms with van der Waals surface area (Å²) in [5.74, 6) is 0.730. The van der Waals surface area contributed by atoms with Crippen molar-refractivity contribution in [2.75, 3.05) is 33.7 Å². The Balaban J connectivity index is 0.00000385. The predicted molar refractivity (Wildman–Crippen MR) is 147 cm³/mol. The van der Waals surface area contributed by atoms with Gasteiger partial charge in [-0.05, 0) is 61.2 Å². The van der Waals surface area contributed by atoms with Gasteiger partial charge >= 0.3 is 0 Å². The van der Waals surface area contributed by atoms with E-state index in [1.54, 1.807) is 14.1 Å². The molecule has 1 aliphatic heterocycles. The Kier molecular flexibility index (Phi) is 12.2. The summed E-state index contributed by atoms with van der Waals surface area (Å²) >= 11 is 0. The summed E-state index contributed by atoms with van der Waals surface area (Å²) in [6.07, 6.45) is 6.15. The van der Waals surface area contributed by atoms with Gasteiger partial charge in [-0.15, -0.1) is 24.0 Å². The molecular formula is C26H38IN5O. The van der Waals surface area contributed by atoms with E-state index in [9.17, 15) is 4.79 Å². The molecule has 1 fully saturated rings. The summed E-state index contributed by atoms with van der Waals surface area (Å²) in [5, 5.41) is 9.52. The molecule has 1 aliphatic rings. The molecule has 3 rings (SSSR count). The molecule has 0 radical (unpaired) electrons. The lowest BCUT2D eigenvalue weighted by atomic mass is 10.1. The lowest BCUT2D eigenvalue weighted by molar-refractivity contribution is 0.0963. The van der Waals surface area contributed by atoms with Gasteiger partial charge in [-0.2, -0.15) is 0 Å². The molecule has 0 unspecified atom stereocenters. The summed E-state index contributed by atoms with van der Waals surface area (Å²) in [4.78, 5) is 18.8. The van der Waals surface area contributed by atoms with Crippen LogP contribution in [-0.4, -0.2) is 50.5 Å². The van der Waals surface area contributed by atoms with Gasteiger partial charge in [-0.25, -0.2) is 0 Å². The van der Waals surface area contributed by atoms with Crippen molar-refractivity contribution in [1.82, 2.24) is 20.9 Å². The number of rotatable bonds is 8. The van der Waals surface area contributed by atoms with E-state index in [0.717, 1.165) is 37.6 Å². The second kappa shape index (κ2) is 14.9.